The molecule has 0 bridgehead atoms. The van der Waals surface area contributed by atoms with E-state index in [1.807, 2.05) is 18.2 Å². The Balaban J connectivity index is 1.58. The summed E-state index contributed by atoms with van der Waals surface area (Å²) in [6.45, 7) is 4.77. The topological polar surface area (TPSA) is 184 Å². The fraction of sp³-hybridized carbons (Fsp3) is 0.400. The summed E-state index contributed by atoms with van der Waals surface area (Å²) in [6, 6.07) is 11.4. The Morgan fingerprint density at radius 2 is 1.93 bits per heavy atom. The van der Waals surface area contributed by atoms with Crippen molar-refractivity contribution in [3.05, 3.63) is 81.1 Å². The number of aliphatic hydroxyl groups excluding tert-OH is 1. The molecule has 1 aliphatic rings. The lowest BCUT2D eigenvalue weighted by atomic mass is 10.1. The molecule has 0 aliphatic carbocycles. The molecule has 2 heterocycles. The number of aromatic nitrogens is 2. The highest BCUT2D eigenvalue weighted by molar-refractivity contribution is 7.52. The lowest BCUT2D eigenvalue weighted by molar-refractivity contribution is -0.146. The highest BCUT2D eigenvalue weighted by atomic mass is 31.2. The second kappa shape index (κ2) is 14.8. The van der Waals surface area contributed by atoms with E-state index in [1.165, 1.54) is 19.4 Å². The number of hydrogen-bond donors (Lipinski definition) is 3. The van der Waals surface area contributed by atoms with Crippen molar-refractivity contribution in [1.29, 1.82) is 0 Å². The maximum atomic E-state index is 14.3. The number of H-pyrrole nitrogens is 1. The van der Waals surface area contributed by atoms with Crippen molar-refractivity contribution in [3.8, 4) is 5.75 Å². The van der Waals surface area contributed by atoms with Crippen LogP contribution in [0.25, 0.3) is 16.8 Å². The fourth-order valence-electron chi connectivity index (χ4n) is 4.64. The van der Waals surface area contributed by atoms with Gasteiger partial charge in [0.1, 0.15) is 24.1 Å². The van der Waals surface area contributed by atoms with Gasteiger partial charge < -0.3 is 23.8 Å². The predicted octanol–water partition coefficient (Wildman–Crippen LogP) is 2.91. The Hall–Kier alpha value is -4.07. The summed E-state index contributed by atoms with van der Waals surface area (Å²) in [4.78, 5) is 51.2. The van der Waals surface area contributed by atoms with E-state index in [9.17, 15) is 28.8 Å². The second-order valence-corrected chi connectivity index (χ2v) is 12.2. The number of carbonyl (C=O) groups excluding carboxylic acids is 2. The lowest BCUT2D eigenvalue weighted by Gasteiger charge is -2.28. The molecule has 2 aromatic carbocycles. The largest absolute Gasteiger partial charge is 0.466 e. The van der Waals surface area contributed by atoms with Crippen molar-refractivity contribution in [2.75, 3.05) is 20.3 Å². The van der Waals surface area contributed by atoms with Crippen LogP contribution in [-0.2, 0) is 32.9 Å². The Morgan fingerprint density at radius 3 is 2.64 bits per heavy atom. The van der Waals surface area contributed by atoms with E-state index < -0.39 is 62.0 Å². The highest BCUT2D eigenvalue weighted by Gasteiger charge is 2.41. The van der Waals surface area contributed by atoms with E-state index in [4.69, 9.17) is 18.5 Å². The molecule has 15 heteroatoms. The van der Waals surface area contributed by atoms with Crippen molar-refractivity contribution in [2.24, 2.45) is 5.92 Å². The molecule has 3 aromatic rings. The molecule has 1 saturated heterocycles. The highest BCUT2D eigenvalue weighted by Crippen LogP contribution is 2.48. The van der Waals surface area contributed by atoms with Crippen molar-refractivity contribution in [1.82, 2.24) is 14.6 Å². The van der Waals surface area contributed by atoms with Gasteiger partial charge >= 0.3 is 25.4 Å². The minimum Gasteiger partial charge on any atom is -0.466 e. The van der Waals surface area contributed by atoms with Gasteiger partial charge in [-0.25, -0.2) is 14.2 Å². The number of carbonyl (C=O) groups is 2. The van der Waals surface area contributed by atoms with E-state index in [0.717, 1.165) is 16.0 Å². The Kier molecular flexibility index (Phi) is 11.1. The molecular formula is C30H36N3O11P. The maximum absolute atomic E-state index is 14.3. The number of nitrogens with one attached hydrogen (secondary N) is 2. The van der Waals surface area contributed by atoms with Gasteiger partial charge in [-0.3, -0.25) is 23.7 Å². The molecule has 1 aliphatic heterocycles. The van der Waals surface area contributed by atoms with Crippen LogP contribution in [-0.4, -0.2) is 65.2 Å². The monoisotopic (exact) mass is 645 g/mol. The third kappa shape index (κ3) is 8.35. The average molecular weight is 646 g/mol. The zero-order valence-electron chi connectivity index (χ0n) is 25.2. The summed E-state index contributed by atoms with van der Waals surface area (Å²) in [5, 5.41) is 15.0. The number of aromatic amines is 1. The van der Waals surface area contributed by atoms with E-state index in [2.05, 4.69) is 14.8 Å². The second-order valence-electron chi connectivity index (χ2n) is 10.5. The first-order valence-corrected chi connectivity index (χ1v) is 15.8. The van der Waals surface area contributed by atoms with E-state index in [0.29, 0.717) is 5.39 Å². The summed E-state index contributed by atoms with van der Waals surface area (Å²) < 4.78 is 42.7. The average Bonchev–Trinajstić information content (AvgIpc) is 3.38. The molecular weight excluding hydrogens is 609 g/mol. The molecule has 5 atom stereocenters. The molecule has 242 valence electrons. The number of benzene rings is 2. The van der Waals surface area contributed by atoms with Gasteiger partial charge in [-0.15, -0.1) is 0 Å². The molecule has 0 radical (unpaired) electrons. The van der Waals surface area contributed by atoms with Gasteiger partial charge in [0.05, 0.1) is 32.0 Å². The van der Waals surface area contributed by atoms with Crippen molar-refractivity contribution < 1.29 is 42.5 Å². The summed E-state index contributed by atoms with van der Waals surface area (Å²) >= 11 is 0. The van der Waals surface area contributed by atoms with E-state index >= 15 is 0 Å². The fourth-order valence-corrected chi connectivity index (χ4v) is 6.32. The molecule has 1 unspecified atom stereocenters. The number of rotatable bonds is 13. The molecule has 1 aromatic heterocycles. The first-order chi connectivity index (χ1) is 21.4. The molecule has 14 nitrogen and oxygen atoms in total. The number of aliphatic hydroxyl groups is 1. The normalized spacial score (nSPS) is 20.3. The summed E-state index contributed by atoms with van der Waals surface area (Å²) in [7, 11) is -3.18. The number of methoxy groups -OCH3 is 1. The van der Waals surface area contributed by atoms with Gasteiger partial charge in [0.15, 0.2) is 0 Å². The number of esters is 2. The number of nitrogens with zero attached hydrogens (tertiary/aromatic N) is 1. The zero-order chi connectivity index (χ0) is 32.7. The molecule has 3 N–H and O–H groups in total. The summed E-state index contributed by atoms with van der Waals surface area (Å²) in [6.07, 6.45) is -0.0229. The van der Waals surface area contributed by atoms with Gasteiger partial charge in [0.2, 0.25) is 0 Å². The van der Waals surface area contributed by atoms with Crippen molar-refractivity contribution >= 4 is 36.5 Å². The summed E-state index contributed by atoms with van der Waals surface area (Å²) in [5.74, 6) is -1.49. The van der Waals surface area contributed by atoms with E-state index in [-0.39, 0.29) is 30.3 Å². The Labute approximate surface area is 258 Å². The van der Waals surface area contributed by atoms with Crippen LogP contribution in [0.15, 0.2) is 64.3 Å². The van der Waals surface area contributed by atoms with Crippen LogP contribution in [0.2, 0.25) is 0 Å². The summed E-state index contributed by atoms with van der Waals surface area (Å²) in [5.41, 5.74) is -1.59. The van der Waals surface area contributed by atoms with Crippen LogP contribution < -0.4 is 20.9 Å². The Morgan fingerprint density at radius 1 is 1.20 bits per heavy atom. The van der Waals surface area contributed by atoms with E-state index in [1.54, 1.807) is 45.0 Å². The van der Waals surface area contributed by atoms with Gasteiger partial charge in [-0.1, -0.05) is 50.2 Å². The zero-order valence-corrected chi connectivity index (χ0v) is 26.1. The van der Waals surface area contributed by atoms with Gasteiger partial charge in [0, 0.05) is 24.1 Å². The molecule has 0 spiro atoms. The predicted molar refractivity (Wildman–Crippen MR) is 163 cm³/mol. The van der Waals surface area contributed by atoms with Gasteiger partial charge in [-0.05, 0) is 30.4 Å². The first kappa shape index (κ1) is 33.8. The van der Waals surface area contributed by atoms with Crippen LogP contribution >= 0.6 is 7.75 Å². The van der Waals surface area contributed by atoms with Crippen molar-refractivity contribution in [3.63, 3.8) is 0 Å². The molecule has 45 heavy (non-hydrogen) atoms. The maximum Gasteiger partial charge on any atom is 0.459 e. The van der Waals surface area contributed by atoms with Gasteiger partial charge in [-0.2, -0.15) is 5.09 Å². The molecule has 0 amide bonds. The molecule has 1 fully saturated rings. The molecule has 4 rings (SSSR count). The lowest BCUT2D eigenvalue weighted by Crippen LogP contribution is -2.42. The van der Waals surface area contributed by atoms with Gasteiger partial charge in [0.25, 0.3) is 5.56 Å². The third-order valence-corrected chi connectivity index (χ3v) is 8.51. The minimum absolute atomic E-state index is 0.0336. The van der Waals surface area contributed by atoms with Crippen LogP contribution in [0.1, 0.15) is 39.0 Å². The SMILES string of the molecule is CCOC(=O)[C@@H](NP(=O)(OC[C@H]1O[C@@H](n2cc(/C=C/C(=O)OC)c(=O)[nH]c2=O)C[C@@H]1O)Oc1cccc2ccccc12)C(C)C. The number of fused-ring (bicyclic) bond motifs is 1. The number of ether oxygens (including phenoxy) is 3. The molecule has 0 saturated carbocycles. The third-order valence-electron chi connectivity index (χ3n) is 6.99. The number of hydrogen-bond acceptors (Lipinski definition) is 11. The smallest absolute Gasteiger partial charge is 0.459 e. The van der Waals surface area contributed by atoms with Crippen LogP contribution in [0.4, 0.5) is 0 Å². The quantitative estimate of drug-likeness (QED) is 0.141. The van der Waals surface area contributed by atoms with Crippen LogP contribution in [0.3, 0.4) is 0 Å². The first-order valence-electron chi connectivity index (χ1n) is 14.3. The van der Waals surface area contributed by atoms with Crippen LogP contribution in [0, 0.1) is 5.92 Å². The van der Waals surface area contributed by atoms with Crippen LogP contribution in [0.5, 0.6) is 5.75 Å². The Bertz CT molecular complexity index is 1710. The standard InChI is InChI=1S/C30H36N3O11P/c1-5-41-29(37)27(18(2)3)32-45(39,44-23-12-8-10-19-9-6-7-11-21(19)23)42-17-24-22(34)15-25(43-24)33-16-20(13-14-26(35)40-4)28(36)31-30(33)38/h6-14,16,18,22,24-25,27,34H,5,15,17H2,1-4H3,(H,32,39)(H,31,36,38)/b14-13+/t22-,24+,25+,27-,45?/m0/s1. The van der Waals surface area contributed by atoms with Crippen molar-refractivity contribution in [2.45, 2.75) is 51.7 Å². The minimum atomic E-state index is -4.36.